The molecule has 0 aromatic heterocycles. The van der Waals surface area contributed by atoms with E-state index in [2.05, 4.69) is 26.8 Å². The number of allylic oxidation sites excluding steroid dienone is 6. The molecule has 0 bridgehead atoms. The minimum Gasteiger partial charge on any atom is -0.192 e. The molecular formula is C13H19N. The molecule has 0 aliphatic heterocycles. The van der Waals surface area contributed by atoms with Crippen LogP contribution in [0.5, 0.6) is 0 Å². The van der Waals surface area contributed by atoms with Crippen LogP contribution in [0.15, 0.2) is 35.5 Å². The lowest BCUT2D eigenvalue weighted by Crippen LogP contribution is -1.78. The van der Waals surface area contributed by atoms with Gasteiger partial charge in [0.2, 0.25) is 0 Å². The van der Waals surface area contributed by atoms with Gasteiger partial charge in [0.15, 0.2) is 0 Å². The molecule has 0 rings (SSSR count). The number of hydrogen-bond donors (Lipinski definition) is 0. The highest BCUT2D eigenvalue weighted by Crippen LogP contribution is 2.07. The van der Waals surface area contributed by atoms with Crippen molar-refractivity contribution < 1.29 is 0 Å². The maximum Gasteiger partial charge on any atom is 0.0991 e. The molecule has 1 heteroatoms. The molecule has 0 aromatic carbocycles. The normalized spacial score (nSPS) is 13.3. The van der Waals surface area contributed by atoms with Crippen LogP contribution >= 0.6 is 0 Å². The Morgan fingerprint density at radius 2 is 2.07 bits per heavy atom. The molecule has 76 valence electrons. The molecule has 1 nitrogen and oxygen atoms in total. The number of hydrogen-bond acceptors (Lipinski definition) is 1. The molecule has 0 atom stereocenters. The first-order valence-corrected chi connectivity index (χ1v) is 5.18. The second-order valence-corrected chi connectivity index (χ2v) is 3.31. The Morgan fingerprint density at radius 1 is 1.36 bits per heavy atom. The van der Waals surface area contributed by atoms with Gasteiger partial charge < -0.3 is 0 Å². The Kier molecular flexibility index (Phi) is 7.55. The summed E-state index contributed by atoms with van der Waals surface area (Å²) in [6.07, 6.45) is 11.0. The van der Waals surface area contributed by atoms with E-state index in [1.807, 2.05) is 24.3 Å². The summed E-state index contributed by atoms with van der Waals surface area (Å²) in [5.41, 5.74) is 2.01. The minimum absolute atomic E-state index is 0.737. The summed E-state index contributed by atoms with van der Waals surface area (Å²) in [6, 6.07) is 2.18. The van der Waals surface area contributed by atoms with Crippen molar-refractivity contribution >= 4 is 0 Å². The Labute approximate surface area is 87.4 Å². The standard InChI is InChI=1S/C13H19N/c1-4-6-7-9-13(11-14)10-12(3)8-5-2/h6-7,9-10H,4-5,8H2,1-3H3/b7-6+,12-10+,13-9+. The highest BCUT2D eigenvalue weighted by molar-refractivity contribution is 5.37. The zero-order valence-corrected chi connectivity index (χ0v) is 9.38. The van der Waals surface area contributed by atoms with Crippen LogP contribution in [0, 0.1) is 11.3 Å². The molecule has 0 aromatic rings. The van der Waals surface area contributed by atoms with Crippen LogP contribution in [-0.4, -0.2) is 0 Å². The van der Waals surface area contributed by atoms with Crippen molar-refractivity contribution in [3.05, 3.63) is 35.5 Å². The molecule has 0 unspecified atom stereocenters. The largest absolute Gasteiger partial charge is 0.192 e. The number of rotatable bonds is 5. The summed E-state index contributed by atoms with van der Waals surface area (Å²) in [6.45, 7) is 6.29. The third kappa shape index (κ3) is 6.25. The number of nitrogens with zero attached hydrogens (tertiary/aromatic N) is 1. The Bertz CT molecular complexity index is 274. The van der Waals surface area contributed by atoms with Crippen molar-refractivity contribution in [2.24, 2.45) is 0 Å². The van der Waals surface area contributed by atoms with Crippen molar-refractivity contribution in [2.45, 2.75) is 40.0 Å². The first kappa shape index (κ1) is 12.7. The third-order valence-corrected chi connectivity index (χ3v) is 1.82. The maximum absolute atomic E-state index is 8.85. The molecule has 0 saturated heterocycles. The molecule has 0 aliphatic carbocycles. The Hall–Kier alpha value is -1.29. The molecular weight excluding hydrogens is 170 g/mol. The summed E-state index contributed by atoms with van der Waals surface area (Å²) in [5.74, 6) is 0. The van der Waals surface area contributed by atoms with E-state index in [-0.39, 0.29) is 0 Å². The van der Waals surface area contributed by atoms with Crippen LogP contribution in [-0.2, 0) is 0 Å². The SMILES string of the molecule is CC/C=C/C=C(C#N)\C=C(/C)CCC. The first-order valence-electron chi connectivity index (χ1n) is 5.18. The molecule has 0 spiro atoms. The van der Waals surface area contributed by atoms with E-state index in [9.17, 15) is 0 Å². The van der Waals surface area contributed by atoms with Crippen molar-refractivity contribution in [1.29, 1.82) is 5.26 Å². The average Bonchev–Trinajstić information content (AvgIpc) is 2.17. The lowest BCUT2D eigenvalue weighted by molar-refractivity contribution is 0.905. The quantitative estimate of drug-likeness (QED) is 0.471. The zero-order valence-electron chi connectivity index (χ0n) is 9.38. The summed E-state index contributed by atoms with van der Waals surface area (Å²) >= 11 is 0. The molecule has 0 heterocycles. The summed E-state index contributed by atoms with van der Waals surface area (Å²) in [5, 5.41) is 8.85. The number of nitriles is 1. The second kappa shape index (κ2) is 8.31. The van der Waals surface area contributed by atoms with E-state index in [1.54, 1.807) is 0 Å². The van der Waals surface area contributed by atoms with E-state index in [0.29, 0.717) is 0 Å². The van der Waals surface area contributed by atoms with Crippen molar-refractivity contribution in [2.75, 3.05) is 0 Å². The van der Waals surface area contributed by atoms with Crippen molar-refractivity contribution in [3.8, 4) is 6.07 Å². The first-order chi connectivity index (χ1) is 6.74. The molecule has 0 amide bonds. The van der Waals surface area contributed by atoms with Gasteiger partial charge in [0.25, 0.3) is 0 Å². The van der Waals surface area contributed by atoms with Gasteiger partial charge in [-0.2, -0.15) is 5.26 Å². The highest BCUT2D eigenvalue weighted by atomic mass is 14.2. The molecule has 0 radical (unpaired) electrons. The lowest BCUT2D eigenvalue weighted by Gasteiger charge is -1.95. The Balaban J connectivity index is 4.43. The van der Waals surface area contributed by atoms with Gasteiger partial charge >= 0.3 is 0 Å². The van der Waals surface area contributed by atoms with Crippen LogP contribution in [0.4, 0.5) is 0 Å². The second-order valence-electron chi connectivity index (χ2n) is 3.31. The van der Waals surface area contributed by atoms with Crippen LogP contribution in [0.1, 0.15) is 40.0 Å². The van der Waals surface area contributed by atoms with Crippen LogP contribution < -0.4 is 0 Å². The van der Waals surface area contributed by atoms with Gasteiger partial charge in [-0.05, 0) is 31.9 Å². The van der Waals surface area contributed by atoms with Gasteiger partial charge in [-0.15, -0.1) is 0 Å². The fourth-order valence-electron chi connectivity index (χ4n) is 1.16. The predicted octanol–water partition coefficient (Wildman–Crippen LogP) is 4.15. The summed E-state index contributed by atoms with van der Waals surface area (Å²) in [7, 11) is 0. The molecule has 0 fully saturated rings. The topological polar surface area (TPSA) is 23.8 Å². The van der Waals surface area contributed by atoms with E-state index in [1.165, 1.54) is 5.57 Å². The zero-order chi connectivity index (χ0) is 10.8. The summed E-state index contributed by atoms with van der Waals surface area (Å²) < 4.78 is 0. The van der Waals surface area contributed by atoms with Crippen LogP contribution in [0.2, 0.25) is 0 Å². The van der Waals surface area contributed by atoms with E-state index < -0.39 is 0 Å². The van der Waals surface area contributed by atoms with E-state index in [4.69, 9.17) is 5.26 Å². The fourth-order valence-corrected chi connectivity index (χ4v) is 1.16. The summed E-state index contributed by atoms with van der Waals surface area (Å²) in [4.78, 5) is 0. The smallest absolute Gasteiger partial charge is 0.0991 e. The van der Waals surface area contributed by atoms with Gasteiger partial charge in [-0.1, -0.05) is 38.0 Å². The van der Waals surface area contributed by atoms with E-state index >= 15 is 0 Å². The van der Waals surface area contributed by atoms with Gasteiger partial charge in [-0.25, -0.2) is 0 Å². The average molecular weight is 189 g/mol. The predicted molar refractivity (Wildman–Crippen MR) is 61.8 cm³/mol. The van der Waals surface area contributed by atoms with Gasteiger partial charge in [0.05, 0.1) is 11.6 Å². The third-order valence-electron chi connectivity index (χ3n) is 1.82. The molecule has 0 saturated carbocycles. The molecule has 14 heavy (non-hydrogen) atoms. The van der Waals surface area contributed by atoms with Crippen LogP contribution in [0.25, 0.3) is 0 Å². The molecule has 0 N–H and O–H groups in total. The monoisotopic (exact) mass is 189 g/mol. The highest BCUT2D eigenvalue weighted by Gasteiger charge is 1.91. The van der Waals surface area contributed by atoms with Crippen LogP contribution in [0.3, 0.4) is 0 Å². The molecule has 0 aliphatic rings. The van der Waals surface area contributed by atoms with E-state index in [0.717, 1.165) is 24.8 Å². The fraction of sp³-hybridized carbons (Fsp3) is 0.462. The van der Waals surface area contributed by atoms with Gasteiger partial charge in [0, 0.05) is 0 Å². The van der Waals surface area contributed by atoms with Crippen molar-refractivity contribution in [3.63, 3.8) is 0 Å². The maximum atomic E-state index is 8.85. The van der Waals surface area contributed by atoms with Gasteiger partial charge in [0.1, 0.15) is 0 Å². The Morgan fingerprint density at radius 3 is 2.57 bits per heavy atom. The van der Waals surface area contributed by atoms with Gasteiger partial charge in [-0.3, -0.25) is 0 Å². The minimum atomic E-state index is 0.737. The lowest BCUT2D eigenvalue weighted by atomic mass is 10.1. The van der Waals surface area contributed by atoms with Crippen molar-refractivity contribution in [1.82, 2.24) is 0 Å².